The minimum atomic E-state index is -1.23. The van der Waals surface area contributed by atoms with Gasteiger partial charge in [-0.25, -0.2) is 10.2 Å². The van der Waals surface area contributed by atoms with Gasteiger partial charge in [-0.3, -0.25) is 9.59 Å². The zero-order chi connectivity index (χ0) is 20.7. The molecule has 0 spiro atoms. The average molecular weight is 383 g/mol. The maximum absolute atomic E-state index is 12.1. The first-order chi connectivity index (χ1) is 13.2. The van der Waals surface area contributed by atoms with Crippen molar-refractivity contribution >= 4 is 29.2 Å². The lowest BCUT2D eigenvalue weighted by atomic mass is 10.1. The number of carboxylic acids is 1. The summed E-state index contributed by atoms with van der Waals surface area (Å²) in [6, 6.07) is 10.0. The maximum Gasteiger partial charge on any atom is 0.328 e. The molecule has 0 atom stereocenters. The molecule has 2 aromatic rings. The predicted octanol–water partition coefficient (Wildman–Crippen LogP) is 1.83. The molecule has 0 radical (unpaired) electrons. The van der Waals surface area contributed by atoms with Crippen molar-refractivity contribution in [3.63, 3.8) is 0 Å². The number of phenols is 2. The lowest BCUT2D eigenvalue weighted by molar-refractivity contribution is -0.131. The van der Waals surface area contributed by atoms with Crippen LogP contribution < -0.4 is 10.7 Å². The lowest BCUT2D eigenvalue weighted by Crippen LogP contribution is -2.19. The third-order valence-electron chi connectivity index (χ3n) is 3.42. The Labute approximate surface area is 159 Å². The molecule has 0 saturated heterocycles. The molecule has 9 heteroatoms. The van der Waals surface area contributed by atoms with E-state index in [9.17, 15) is 24.6 Å². The van der Waals surface area contributed by atoms with Gasteiger partial charge in [0.2, 0.25) is 5.91 Å². The van der Waals surface area contributed by atoms with E-state index in [1.54, 1.807) is 31.2 Å². The first-order valence-corrected chi connectivity index (χ1v) is 7.94. The molecule has 28 heavy (non-hydrogen) atoms. The van der Waals surface area contributed by atoms with E-state index in [4.69, 9.17) is 5.11 Å². The van der Waals surface area contributed by atoms with Crippen molar-refractivity contribution in [3.8, 4) is 11.5 Å². The molecule has 144 valence electrons. The molecule has 2 aromatic carbocycles. The Balaban J connectivity index is 2.09. The third-order valence-corrected chi connectivity index (χ3v) is 3.42. The number of carbonyl (C=O) groups is 3. The van der Waals surface area contributed by atoms with Crippen LogP contribution in [-0.4, -0.2) is 38.8 Å². The molecule has 0 fully saturated rings. The second kappa shape index (κ2) is 8.99. The quantitative estimate of drug-likeness (QED) is 0.292. The van der Waals surface area contributed by atoms with Crippen LogP contribution in [0.25, 0.3) is 0 Å². The van der Waals surface area contributed by atoms with E-state index in [-0.39, 0.29) is 17.1 Å². The summed E-state index contributed by atoms with van der Waals surface area (Å²) in [6.07, 6.45) is 1.61. The topological polar surface area (TPSA) is 148 Å². The molecule has 9 nitrogen and oxygen atoms in total. The number of rotatable bonds is 6. The second-order valence-corrected chi connectivity index (χ2v) is 5.62. The highest BCUT2D eigenvalue weighted by molar-refractivity contribution is 6.04. The molecule has 0 aliphatic heterocycles. The minimum Gasteiger partial charge on any atom is -0.508 e. The number of phenolic OH excluding ortho intramolecular Hbond substituents is 2. The minimum absolute atomic E-state index is 0.0280. The molecule has 0 bridgehead atoms. The van der Waals surface area contributed by atoms with Crippen LogP contribution in [0, 0.1) is 0 Å². The monoisotopic (exact) mass is 383 g/mol. The van der Waals surface area contributed by atoms with Crippen molar-refractivity contribution in [2.75, 3.05) is 5.32 Å². The van der Waals surface area contributed by atoms with Crippen LogP contribution in [0.5, 0.6) is 11.5 Å². The van der Waals surface area contributed by atoms with Gasteiger partial charge in [0.15, 0.2) is 0 Å². The van der Waals surface area contributed by atoms with Crippen LogP contribution >= 0.6 is 0 Å². The average Bonchev–Trinajstić information content (AvgIpc) is 2.63. The molecule has 2 amide bonds. The van der Waals surface area contributed by atoms with Gasteiger partial charge in [-0.1, -0.05) is 12.1 Å². The summed E-state index contributed by atoms with van der Waals surface area (Å²) in [5.41, 5.74) is 3.77. The van der Waals surface area contributed by atoms with Crippen LogP contribution in [0.15, 0.2) is 59.7 Å². The number of aliphatic carboxylic acids is 1. The molecule has 0 aromatic heterocycles. The van der Waals surface area contributed by atoms with E-state index in [0.29, 0.717) is 17.0 Å². The fraction of sp³-hybridized carbons (Fsp3) is 0.0526. The van der Waals surface area contributed by atoms with Crippen molar-refractivity contribution in [2.45, 2.75) is 6.92 Å². The van der Waals surface area contributed by atoms with E-state index in [0.717, 1.165) is 18.2 Å². The first-order valence-electron chi connectivity index (χ1n) is 7.94. The highest BCUT2D eigenvalue weighted by Gasteiger charge is 2.09. The largest absolute Gasteiger partial charge is 0.508 e. The standard InChI is InChI=1S/C19H17N3O6/c1-11(21-22-19(28)13-8-15(23)10-16(24)9-13)12-3-2-4-14(7-12)20-17(25)5-6-18(26)27/h2-10,23-24H,1H3,(H,20,25)(H,22,28)(H,26,27). The number of nitrogens with zero attached hydrogens (tertiary/aromatic N) is 1. The van der Waals surface area contributed by atoms with Gasteiger partial charge in [-0.05, 0) is 36.8 Å². The van der Waals surface area contributed by atoms with Crippen molar-refractivity contribution in [3.05, 3.63) is 65.7 Å². The zero-order valence-corrected chi connectivity index (χ0v) is 14.7. The SMILES string of the molecule is CC(=NNC(=O)c1cc(O)cc(O)c1)c1cccc(NC(=O)C=CC(=O)O)c1. The zero-order valence-electron chi connectivity index (χ0n) is 14.7. The number of hydrazone groups is 1. The van der Waals surface area contributed by atoms with Gasteiger partial charge in [0, 0.05) is 29.5 Å². The molecule has 0 saturated carbocycles. The van der Waals surface area contributed by atoms with Crippen molar-refractivity contribution < 1.29 is 29.7 Å². The fourth-order valence-corrected chi connectivity index (χ4v) is 2.14. The highest BCUT2D eigenvalue weighted by atomic mass is 16.4. The summed E-state index contributed by atoms with van der Waals surface area (Å²) < 4.78 is 0. The molecule has 0 unspecified atom stereocenters. The van der Waals surface area contributed by atoms with Crippen molar-refractivity contribution in [2.24, 2.45) is 5.10 Å². The Bertz CT molecular complexity index is 961. The number of hydrogen-bond acceptors (Lipinski definition) is 6. The molecular formula is C19H17N3O6. The third kappa shape index (κ3) is 5.99. The number of carboxylic acid groups (broad SMARTS) is 1. The number of amides is 2. The van der Waals surface area contributed by atoms with E-state index in [2.05, 4.69) is 15.8 Å². The number of nitrogens with one attached hydrogen (secondary N) is 2. The maximum atomic E-state index is 12.1. The molecule has 2 rings (SSSR count). The second-order valence-electron chi connectivity index (χ2n) is 5.62. The summed E-state index contributed by atoms with van der Waals surface area (Å²) in [5, 5.41) is 33.8. The van der Waals surface area contributed by atoms with Crippen molar-refractivity contribution in [1.82, 2.24) is 5.43 Å². The molecule has 5 N–H and O–H groups in total. The summed E-state index contributed by atoms with van der Waals surface area (Å²) in [4.78, 5) is 34.1. The molecule has 0 aliphatic carbocycles. The lowest BCUT2D eigenvalue weighted by Gasteiger charge is -2.07. The number of anilines is 1. The fourth-order valence-electron chi connectivity index (χ4n) is 2.14. The predicted molar refractivity (Wildman–Crippen MR) is 101 cm³/mol. The molecule has 0 aliphatic rings. The summed E-state index contributed by atoms with van der Waals surface area (Å²) in [5.74, 6) is -2.99. The smallest absolute Gasteiger partial charge is 0.328 e. The number of aromatic hydroxyl groups is 2. The number of hydrogen-bond donors (Lipinski definition) is 5. The summed E-state index contributed by atoms with van der Waals surface area (Å²) >= 11 is 0. The van der Waals surface area contributed by atoms with Gasteiger partial charge in [-0.2, -0.15) is 5.10 Å². The van der Waals surface area contributed by atoms with Gasteiger partial charge in [-0.15, -0.1) is 0 Å². The van der Waals surface area contributed by atoms with Gasteiger partial charge in [0.1, 0.15) is 11.5 Å². The Morgan fingerprint density at radius 3 is 2.29 bits per heavy atom. The van der Waals surface area contributed by atoms with Crippen molar-refractivity contribution in [1.29, 1.82) is 0 Å². The normalized spacial score (nSPS) is 11.2. The Morgan fingerprint density at radius 1 is 0.964 bits per heavy atom. The van der Waals surface area contributed by atoms with Crippen LogP contribution in [-0.2, 0) is 9.59 Å². The molecular weight excluding hydrogens is 366 g/mol. The Hall–Kier alpha value is -4.14. The van der Waals surface area contributed by atoms with Crippen LogP contribution in [0.4, 0.5) is 5.69 Å². The Kier molecular flexibility index (Phi) is 6.48. The Morgan fingerprint density at radius 2 is 1.64 bits per heavy atom. The summed E-state index contributed by atoms with van der Waals surface area (Å²) in [7, 11) is 0. The van der Waals surface area contributed by atoms with Gasteiger partial charge in [0.05, 0.1) is 5.71 Å². The highest BCUT2D eigenvalue weighted by Crippen LogP contribution is 2.20. The van der Waals surface area contributed by atoms with Crippen LogP contribution in [0.3, 0.4) is 0 Å². The van der Waals surface area contributed by atoms with E-state index >= 15 is 0 Å². The van der Waals surface area contributed by atoms with E-state index in [1.165, 1.54) is 12.1 Å². The van der Waals surface area contributed by atoms with Gasteiger partial charge >= 0.3 is 5.97 Å². The van der Waals surface area contributed by atoms with Gasteiger partial charge in [0.25, 0.3) is 5.91 Å². The first kappa shape index (κ1) is 20.2. The molecule has 0 heterocycles. The van der Waals surface area contributed by atoms with E-state index in [1.807, 2.05) is 0 Å². The number of benzene rings is 2. The van der Waals surface area contributed by atoms with E-state index < -0.39 is 17.8 Å². The van der Waals surface area contributed by atoms with Gasteiger partial charge < -0.3 is 20.6 Å². The van der Waals surface area contributed by atoms with Crippen LogP contribution in [0.1, 0.15) is 22.8 Å². The summed E-state index contributed by atoms with van der Waals surface area (Å²) in [6.45, 7) is 1.63. The number of carbonyl (C=O) groups excluding carboxylic acids is 2. The van der Waals surface area contributed by atoms with Crippen LogP contribution in [0.2, 0.25) is 0 Å².